The van der Waals surface area contributed by atoms with E-state index in [1.807, 2.05) is 30.3 Å². The summed E-state index contributed by atoms with van der Waals surface area (Å²) < 4.78 is 5.75. The molecule has 0 spiro atoms. The van der Waals surface area contributed by atoms with Gasteiger partial charge in [0.1, 0.15) is 6.10 Å². The van der Waals surface area contributed by atoms with Crippen molar-refractivity contribution in [2.75, 3.05) is 26.2 Å². The molecule has 1 aromatic carbocycles. The number of amides is 1. The van der Waals surface area contributed by atoms with Crippen LogP contribution in [0.15, 0.2) is 30.3 Å². The van der Waals surface area contributed by atoms with Gasteiger partial charge in [0.15, 0.2) is 0 Å². The summed E-state index contributed by atoms with van der Waals surface area (Å²) in [4.78, 5) is 14.5. The second kappa shape index (κ2) is 8.10. The smallest absolute Gasteiger partial charge is 0.224 e. The highest BCUT2D eigenvalue weighted by molar-refractivity contribution is 5.79. The van der Waals surface area contributed by atoms with Crippen LogP contribution in [0.25, 0.3) is 0 Å². The molecule has 2 fully saturated rings. The number of aliphatic hydroxyl groups is 1. The van der Waals surface area contributed by atoms with Crippen LogP contribution in [0.3, 0.4) is 0 Å². The van der Waals surface area contributed by atoms with E-state index in [9.17, 15) is 9.90 Å². The molecule has 2 N–H and O–H groups in total. The van der Waals surface area contributed by atoms with Crippen LogP contribution in [0.5, 0.6) is 0 Å². The zero-order valence-corrected chi connectivity index (χ0v) is 14.4. The fraction of sp³-hybridized carbons (Fsp3) is 0.632. The molecule has 24 heavy (non-hydrogen) atoms. The van der Waals surface area contributed by atoms with E-state index in [1.54, 1.807) is 0 Å². The van der Waals surface area contributed by atoms with Crippen molar-refractivity contribution in [3.05, 3.63) is 35.9 Å². The number of nitrogens with zero attached hydrogens (tertiary/aromatic N) is 1. The third kappa shape index (κ3) is 4.56. The van der Waals surface area contributed by atoms with Crippen molar-refractivity contribution in [2.24, 2.45) is 5.92 Å². The second-order valence-corrected chi connectivity index (χ2v) is 7.18. The number of rotatable bonds is 5. The van der Waals surface area contributed by atoms with Gasteiger partial charge in [0.25, 0.3) is 0 Å². The average molecular weight is 332 g/mol. The number of likely N-dealkylation sites (tertiary alicyclic amines) is 1. The van der Waals surface area contributed by atoms with Crippen LogP contribution in [0, 0.1) is 5.92 Å². The number of hydrogen-bond acceptors (Lipinski definition) is 4. The Kier molecular flexibility index (Phi) is 5.87. The summed E-state index contributed by atoms with van der Waals surface area (Å²) in [6.07, 6.45) is 1.91. The maximum atomic E-state index is 12.2. The number of aliphatic hydroxyl groups excluding tert-OH is 1. The molecule has 1 amide bonds. The minimum Gasteiger partial charge on any atom is -0.388 e. The summed E-state index contributed by atoms with van der Waals surface area (Å²) in [6.45, 7) is 5.56. The van der Waals surface area contributed by atoms with Crippen LogP contribution in [0.2, 0.25) is 0 Å². The van der Waals surface area contributed by atoms with Gasteiger partial charge in [-0.25, -0.2) is 0 Å². The molecule has 0 bridgehead atoms. The van der Waals surface area contributed by atoms with Crippen molar-refractivity contribution in [3.8, 4) is 0 Å². The zero-order chi connectivity index (χ0) is 16.9. The lowest BCUT2D eigenvalue weighted by Gasteiger charge is -2.32. The van der Waals surface area contributed by atoms with Gasteiger partial charge in [0, 0.05) is 6.54 Å². The third-order valence-corrected chi connectivity index (χ3v) is 5.15. The molecule has 0 saturated carbocycles. The van der Waals surface area contributed by atoms with Crippen molar-refractivity contribution in [1.82, 2.24) is 10.2 Å². The molecule has 2 aliphatic heterocycles. The summed E-state index contributed by atoms with van der Waals surface area (Å²) in [5.41, 5.74) is 0.974. The van der Waals surface area contributed by atoms with Crippen molar-refractivity contribution in [3.63, 3.8) is 0 Å². The van der Waals surface area contributed by atoms with Crippen molar-refractivity contribution in [2.45, 2.75) is 44.4 Å². The first-order valence-corrected chi connectivity index (χ1v) is 8.97. The van der Waals surface area contributed by atoms with Gasteiger partial charge in [-0.2, -0.15) is 0 Å². The summed E-state index contributed by atoms with van der Waals surface area (Å²) in [6, 6.07) is 9.33. The van der Waals surface area contributed by atoms with Crippen LogP contribution in [-0.2, 0) is 16.0 Å². The number of carbonyl (C=O) groups excluding carboxylic acids is 1. The molecule has 2 aliphatic rings. The van der Waals surface area contributed by atoms with E-state index in [1.165, 1.54) is 12.8 Å². The number of benzene rings is 1. The molecule has 132 valence electrons. The van der Waals surface area contributed by atoms with Crippen LogP contribution < -0.4 is 5.32 Å². The average Bonchev–Trinajstić information content (AvgIpc) is 2.91. The van der Waals surface area contributed by atoms with Crippen LogP contribution >= 0.6 is 0 Å². The van der Waals surface area contributed by atoms with E-state index < -0.39 is 6.10 Å². The zero-order valence-electron chi connectivity index (χ0n) is 14.4. The van der Waals surface area contributed by atoms with Gasteiger partial charge in [0.2, 0.25) is 5.91 Å². The van der Waals surface area contributed by atoms with E-state index in [4.69, 9.17) is 4.74 Å². The summed E-state index contributed by atoms with van der Waals surface area (Å²) in [5.74, 6) is 0.724. The lowest BCUT2D eigenvalue weighted by Crippen LogP contribution is -2.48. The quantitative estimate of drug-likeness (QED) is 0.851. The monoisotopic (exact) mass is 332 g/mol. The minimum atomic E-state index is -0.635. The normalized spacial score (nSPS) is 28.8. The SMILES string of the molecule is CC1CCN(CC2OCC(NC(=O)Cc3ccccc3)C2O)CC1. The molecule has 0 radical (unpaired) electrons. The highest BCUT2D eigenvalue weighted by Crippen LogP contribution is 2.20. The largest absolute Gasteiger partial charge is 0.388 e. The van der Waals surface area contributed by atoms with Crippen LogP contribution in [0.1, 0.15) is 25.3 Å². The Bertz CT molecular complexity index is 529. The van der Waals surface area contributed by atoms with Gasteiger partial charge in [-0.1, -0.05) is 37.3 Å². The van der Waals surface area contributed by atoms with Crippen molar-refractivity contribution >= 4 is 5.91 Å². The molecule has 2 saturated heterocycles. The molecular weight excluding hydrogens is 304 g/mol. The number of carbonyl (C=O) groups is 1. The first-order chi connectivity index (χ1) is 11.6. The molecule has 3 atom stereocenters. The Hall–Kier alpha value is -1.43. The molecule has 3 rings (SSSR count). The summed E-state index contributed by atoms with van der Waals surface area (Å²) in [5, 5.41) is 13.4. The fourth-order valence-electron chi connectivity index (χ4n) is 3.51. The highest BCUT2D eigenvalue weighted by atomic mass is 16.5. The first-order valence-electron chi connectivity index (χ1n) is 8.97. The van der Waals surface area contributed by atoms with Gasteiger partial charge < -0.3 is 20.1 Å². The molecule has 5 heteroatoms. The van der Waals surface area contributed by atoms with E-state index >= 15 is 0 Å². The van der Waals surface area contributed by atoms with Gasteiger partial charge >= 0.3 is 0 Å². The lowest BCUT2D eigenvalue weighted by molar-refractivity contribution is -0.121. The second-order valence-electron chi connectivity index (χ2n) is 7.18. The van der Waals surface area contributed by atoms with E-state index in [2.05, 4.69) is 17.1 Å². The fourth-order valence-corrected chi connectivity index (χ4v) is 3.51. The molecule has 5 nitrogen and oxygen atoms in total. The Morgan fingerprint density at radius 3 is 2.71 bits per heavy atom. The standard InChI is InChI=1S/C19H28N2O3/c1-14-7-9-21(10-8-14)12-17-19(23)16(13-24-17)20-18(22)11-15-5-3-2-4-6-15/h2-6,14,16-17,19,23H,7-13H2,1H3,(H,20,22). The molecule has 1 aromatic rings. The topological polar surface area (TPSA) is 61.8 Å². The van der Waals surface area contributed by atoms with Gasteiger partial charge in [-0.15, -0.1) is 0 Å². The Morgan fingerprint density at radius 2 is 2.00 bits per heavy atom. The first kappa shape index (κ1) is 17.4. The van der Waals surface area contributed by atoms with Crippen LogP contribution in [0.4, 0.5) is 0 Å². The summed E-state index contributed by atoms with van der Waals surface area (Å²) >= 11 is 0. The van der Waals surface area contributed by atoms with Gasteiger partial charge in [-0.05, 0) is 37.4 Å². The number of piperidine rings is 1. The maximum absolute atomic E-state index is 12.2. The Morgan fingerprint density at radius 1 is 1.29 bits per heavy atom. The van der Waals surface area contributed by atoms with Gasteiger partial charge in [-0.3, -0.25) is 4.79 Å². The predicted octanol–water partition coefficient (Wildman–Crippen LogP) is 1.21. The summed E-state index contributed by atoms with van der Waals surface area (Å²) in [7, 11) is 0. The van der Waals surface area contributed by atoms with Crippen molar-refractivity contribution < 1.29 is 14.6 Å². The molecule has 0 aliphatic carbocycles. The number of nitrogens with one attached hydrogen (secondary N) is 1. The molecule has 0 aromatic heterocycles. The Labute approximate surface area is 144 Å². The van der Waals surface area contributed by atoms with Gasteiger partial charge in [0.05, 0.1) is 25.2 Å². The maximum Gasteiger partial charge on any atom is 0.224 e. The predicted molar refractivity (Wildman–Crippen MR) is 92.7 cm³/mol. The minimum absolute atomic E-state index is 0.0682. The van der Waals surface area contributed by atoms with Crippen molar-refractivity contribution in [1.29, 1.82) is 0 Å². The third-order valence-electron chi connectivity index (χ3n) is 5.15. The van der Waals surface area contributed by atoms with Crippen LogP contribution in [-0.4, -0.2) is 60.4 Å². The Balaban J connectivity index is 1.45. The van der Waals surface area contributed by atoms with E-state index in [0.29, 0.717) is 13.0 Å². The van der Waals surface area contributed by atoms with E-state index in [0.717, 1.165) is 31.1 Å². The highest BCUT2D eigenvalue weighted by Gasteiger charge is 2.37. The number of hydrogen-bond donors (Lipinski definition) is 2. The van der Waals surface area contributed by atoms with E-state index in [-0.39, 0.29) is 18.1 Å². The molecule has 2 heterocycles. The lowest BCUT2D eigenvalue weighted by atomic mass is 9.98. The number of ether oxygens (including phenoxy) is 1. The molecule has 3 unspecified atom stereocenters. The molecular formula is C19H28N2O3.